The second-order valence-electron chi connectivity index (χ2n) is 6.22. The predicted octanol–water partition coefficient (Wildman–Crippen LogP) is 2.41. The van der Waals surface area contributed by atoms with Gasteiger partial charge in [-0.1, -0.05) is 18.7 Å². The molecule has 1 saturated heterocycles. The minimum Gasteiger partial charge on any atom is -0.493 e. The summed E-state index contributed by atoms with van der Waals surface area (Å²) in [5, 5.41) is 0. The Labute approximate surface area is 164 Å². The molecule has 0 radical (unpaired) electrons. The van der Waals surface area contributed by atoms with Crippen molar-refractivity contribution >= 4 is 17.8 Å². The van der Waals surface area contributed by atoms with Gasteiger partial charge in [-0.3, -0.25) is 9.78 Å². The summed E-state index contributed by atoms with van der Waals surface area (Å²) in [6, 6.07) is 5.55. The summed E-state index contributed by atoms with van der Waals surface area (Å²) in [7, 11) is 1.59. The molecule has 7 heteroatoms. The van der Waals surface area contributed by atoms with E-state index in [4.69, 9.17) is 9.47 Å². The molecule has 28 heavy (non-hydrogen) atoms. The van der Waals surface area contributed by atoms with Crippen molar-refractivity contribution in [3.63, 3.8) is 0 Å². The lowest BCUT2D eigenvalue weighted by Crippen LogP contribution is -2.48. The van der Waals surface area contributed by atoms with E-state index in [1.807, 2.05) is 23.1 Å². The highest BCUT2D eigenvalue weighted by Gasteiger charge is 2.20. The van der Waals surface area contributed by atoms with Gasteiger partial charge in [0.25, 0.3) is 0 Å². The molecule has 146 valence electrons. The zero-order valence-electron chi connectivity index (χ0n) is 16.0. The van der Waals surface area contributed by atoms with Crippen LogP contribution in [-0.4, -0.2) is 60.7 Å². The first kappa shape index (κ1) is 19.4. The van der Waals surface area contributed by atoms with E-state index in [0.29, 0.717) is 31.2 Å². The summed E-state index contributed by atoms with van der Waals surface area (Å²) >= 11 is 0. The molecule has 0 aliphatic carbocycles. The Morgan fingerprint density at radius 1 is 1.21 bits per heavy atom. The molecule has 0 unspecified atom stereocenters. The summed E-state index contributed by atoms with van der Waals surface area (Å²) < 4.78 is 10.9. The highest BCUT2D eigenvalue weighted by molar-refractivity contribution is 5.92. The van der Waals surface area contributed by atoms with Crippen molar-refractivity contribution in [3.05, 3.63) is 61.1 Å². The number of ether oxygens (including phenoxy) is 2. The molecule has 2 aromatic rings. The first-order valence-corrected chi connectivity index (χ1v) is 9.11. The van der Waals surface area contributed by atoms with Crippen LogP contribution in [0.15, 0.2) is 55.5 Å². The fourth-order valence-electron chi connectivity index (χ4n) is 2.94. The van der Waals surface area contributed by atoms with E-state index in [1.165, 1.54) is 0 Å². The van der Waals surface area contributed by atoms with E-state index in [1.54, 1.807) is 43.9 Å². The van der Waals surface area contributed by atoms with Crippen LogP contribution in [0.25, 0.3) is 6.08 Å². The predicted molar refractivity (Wildman–Crippen MR) is 109 cm³/mol. The van der Waals surface area contributed by atoms with E-state index < -0.39 is 0 Å². The summed E-state index contributed by atoms with van der Waals surface area (Å²) in [5.41, 5.74) is 0.870. The largest absolute Gasteiger partial charge is 0.493 e. The Kier molecular flexibility index (Phi) is 6.62. The number of anilines is 1. The molecule has 0 N–H and O–H groups in total. The van der Waals surface area contributed by atoms with Crippen LogP contribution in [0.2, 0.25) is 0 Å². The minimum absolute atomic E-state index is 0.00949. The van der Waals surface area contributed by atoms with E-state index in [9.17, 15) is 4.79 Å². The number of hydrogen-bond acceptors (Lipinski definition) is 6. The summed E-state index contributed by atoms with van der Waals surface area (Å²) in [4.78, 5) is 24.9. The molecule has 0 saturated carbocycles. The summed E-state index contributed by atoms with van der Waals surface area (Å²) in [6.45, 7) is 6.82. The van der Waals surface area contributed by atoms with E-state index >= 15 is 0 Å². The van der Waals surface area contributed by atoms with Crippen molar-refractivity contribution in [2.75, 3.05) is 44.8 Å². The van der Waals surface area contributed by atoms with Gasteiger partial charge in [-0.05, 0) is 23.8 Å². The first-order valence-electron chi connectivity index (χ1n) is 9.11. The van der Waals surface area contributed by atoms with Gasteiger partial charge >= 0.3 is 0 Å². The van der Waals surface area contributed by atoms with Crippen LogP contribution in [0.5, 0.6) is 11.5 Å². The van der Waals surface area contributed by atoms with Gasteiger partial charge in [0.15, 0.2) is 11.5 Å². The lowest BCUT2D eigenvalue weighted by Gasteiger charge is -2.34. The Morgan fingerprint density at radius 3 is 2.71 bits per heavy atom. The second kappa shape index (κ2) is 9.55. The van der Waals surface area contributed by atoms with Crippen molar-refractivity contribution in [3.8, 4) is 11.5 Å². The molecule has 1 fully saturated rings. The molecule has 0 atom stereocenters. The molecule has 0 spiro atoms. The number of methoxy groups -OCH3 is 1. The Hall–Kier alpha value is -3.35. The highest BCUT2D eigenvalue weighted by atomic mass is 16.5. The van der Waals surface area contributed by atoms with Crippen molar-refractivity contribution in [2.24, 2.45) is 0 Å². The van der Waals surface area contributed by atoms with Crippen LogP contribution in [-0.2, 0) is 4.79 Å². The molecular weight excluding hydrogens is 356 g/mol. The number of rotatable bonds is 7. The van der Waals surface area contributed by atoms with Crippen molar-refractivity contribution in [1.82, 2.24) is 14.9 Å². The lowest BCUT2D eigenvalue weighted by atomic mass is 10.2. The fourth-order valence-corrected chi connectivity index (χ4v) is 2.94. The number of amides is 1. The topological polar surface area (TPSA) is 67.8 Å². The molecule has 7 nitrogen and oxygen atoms in total. The molecule has 1 aromatic heterocycles. The zero-order chi connectivity index (χ0) is 19.8. The third-order valence-electron chi connectivity index (χ3n) is 4.43. The number of aromatic nitrogens is 2. The van der Waals surface area contributed by atoms with Crippen molar-refractivity contribution < 1.29 is 14.3 Å². The summed E-state index contributed by atoms with van der Waals surface area (Å²) in [5.74, 6) is 2.10. The van der Waals surface area contributed by atoms with Gasteiger partial charge in [0.2, 0.25) is 5.91 Å². The van der Waals surface area contributed by atoms with Crippen LogP contribution < -0.4 is 14.4 Å². The summed E-state index contributed by atoms with van der Waals surface area (Å²) in [6.07, 6.45) is 10.1. The Bertz CT molecular complexity index is 831. The van der Waals surface area contributed by atoms with E-state index in [-0.39, 0.29) is 5.91 Å². The molecule has 2 heterocycles. The Balaban J connectivity index is 1.57. The van der Waals surface area contributed by atoms with Crippen molar-refractivity contribution in [1.29, 1.82) is 0 Å². The van der Waals surface area contributed by atoms with Gasteiger partial charge in [-0.15, -0.1) is 0 Å². The SMILES string of the molecule is C=CCOc1ccc(/C=C/C(=O)N2CCN(c3cnccn3)CC2)cc1OC. The van der Waals surface area contributed by atoms with Crippen LogP contribution in [0.4, 0.5) is 5.82 Å². The van der Waals surface area contributed by atoms with E-state index in [2.05, 4.69) is 21.4 Å². The molecular formula is C21H24N4O3. The van der Waals surface area contributed by atoms with Gasteiger partial charge in [0.1, 0.15) is 12.4 Å². The number of carbonyl (C=O) groups is 1. The zero-order valence-corrected chi connectivity index (χ0v) is 16.0. The highest BCUT2D eigenvalue weighted by Crippen LogP contribution is 2.28. The molecule has 0 bridgehead atoms. The molecule has 1 aliphatic rings. The van der Waals surface area contributed by atoms with Crippen LogP contribution in [0, 0.1) is 0 Å². The number of hydrogen-bond donors (Lipinski definition) is 0. The lowest BCUT2D eigenvalue weighted by molar-refractivity contribution is -0.126. The van der Waals surface area contributed by atoms with Gasteiger partial charge in [0, 0.05) is 44.6 Å². The normalized spacial score (nSPS) is 14.2. The maximum Gasteiger partial charge on any atom is 0.246 e. The van der Waals surface area contributed by atoms with E-state index in [0.717, 1.165) is 24.5 Å². The average Bonchev–Trinajstić information content (AvgIpc) is 2.77. The molecule has 1 aromatic carbocycles. The van der Waals surface area contributed by atoms with Crippen molar-refractivity contribution in [2.45, 2.75) is 0 Å². The molecule has 1 amide bonds. The fraction of sp³-hybridized carbons (Fsp3) is 0.286. The monoisotopic (exact) mass is 380 g/mol. The second-order valence-corrected chi connectivity index (χ2v) is 6.22. The van der Waals surface area contributed by atoms with Gasteiger partial charge < -0.3 is 19.3 Å². The quantitative estimate of drug-likeness (QED) is 0.543. The number of benzene rings is 1. The number of piperazine rings is 1. The maximum atomic E-state index is 12.5. The van der Waals surface area contributed by atoms with Gasteiger partial charge in [-0.2, -0.15) is 0 Å². The maximum absolute atomic E-state index is 12.5. The first-order chi connectivity index (χ1) is 13.7. The molecule has 3 rings (SSSR count). The third kappa shape index (κ3) is 4.88. The minimum atomic E-state index is -0.00949. The average molecular weight is 380 g/mol. The van der Waals surface area contributed by atoms with Gasteiger partial charge in [0.05, 0.1) is 13.3 Å². The van der Waals surface area contributed by atoms with Crippen LogP contribution >= 0.6 is 0 Å². The Morgan fingerprint density at radius 2 is 2.04 bits per heavy atom. The van der Waals surface area contributed by atoms with Crippen LogP contribution in [0.1, 0.15) is 5.56 Å². The standard InChI is InChI=1S/C21H24N4O3/c1-3-14-28-18-6-4-17(15-19(18)27-2)5-7-21(26)25-12-10-24(11-13-25)20-16-22-8-9-23-20/h3-9,15-16H,1,10-14H2,2H3/b7-5+. The van der Waals surface area contributed by atoms with Crippen LogP contribution in [0.3, 0.4) is 0 Å². The smallest absolute Gasteiger partial charge is 0.246 e. The van der Waals surface area contributed by atoms with Gasteiger partial charge in [-0.25, -0.2) is 4.98 Å². The number of nitrogens with zero attached hydrogens (tertiary/aromatic N) is 4. The third-order valence-corrected chi connectivity index (χ3v) is 4.43. The molecule has 1 aliphatic heterocycles. The number of carbonyl (C=O) groups excluding carboxylic acids is 1.